The van der Waals surface area contributed by atoms with E-state index in [-0.39, 0.29) is 23.9 Å². The standard InChI is InChI=1S/C58H55NS2/c1-3-14-38(15-4-1)44-36-37-45(49-19-8-7-18-48(44)49)40-28-32-42(33-29-40)59(43-34-30-41(31-35-43)46-21-13-27-55-56(46)52-20-9-10-26-54(52)60-55)53-25-12-24-51-50-23-11-22-47(57(50)61-58(51)53)39-16-5-2-6-17-39/h3,5,7,9-10,13-14,16-18,20-22,24,26,28-30,32-38,41,45,49,55H,1-2,4,6,8,11-12,15,19,23,25,27,31H2/i1D,3D,4D,14D,15D/t1?,4-,15?,38?,41?,45?,49?,55?/m0/s1. The molecule has 1 nitrogen and oxygen atoms in total. The Morgan fingerprint density at radius 2 is 1.64 bits per heavy atom. The fourth-order valence-electron chi connectivity index (χ4n) is 11.4. The predicted molar refractivity (Wildman–Crippen MR) is 262 cm³/mol. The van der Waals surface area contributed by atoms with Crippen LogP contribution in [0.2, 0.25) is 0 Å². The molecular weight excluding hydrogens is 775 g/mol. The fourth-order valence-corrected chi connectivity index (χ4v) is 14.2. The molecule has 0 bridgehead atoms. The molecule has 0 fully saturated rings. The van der Waals surface area contributed by atoms with Crippen LogP contribution in [0.15, 0.2) is 173 Å². The number of allylic oxidation sites excluding steroid dienone is 20. The van der Waals surface area contributed by atoms with Crippen molar-refractivity contribution in [3.8, 4) is 0 Å². The van der Waals surface area contributed by atoms with Gasteiger partial charge >= 0.3 is 0 Å². The highest BCUT2D eigenvalue weighted by Crippen LogP contribution is 2.52. The molecule has 0 saturated heterocycles. The van der Waals surface area contributed by atoms with Crippen LogP contribution in [0.1, 0.15) is 111 Å². The highest BCUT2D eigenvalue weighted by Gasteiger charge is 2.35. The Morgan fingerprint density at radius 3 is 2.54 bits per heavy atom. The zero-order valence-corrected chi connectivity index (χ0v) is 36.3. The number of hydrogen-bond acceptors (Lipinski definition) is 3. The van der Waals surface area contributed by atoms with E-state index in [2.05, 4.69) is 138 Å². The molecule has 12 rings (SSSR count). The molecule has 61 heavy (non-hydrogen) atoms. The van der Waals surface area contributed by atoms with E-state index in [1.165, 1.54) is 75.6 Å². The smallest absolute Gasteiger partial charge is 0.0579 e. The number of thioether (sulfide) groups is 1. The second-order valence-electron chi connectivity index (χ2n) is 17.7. The third-order valence-corrected chi connectivity index (χ3v) is 16.9. The largest absolute Gasteiger partial charge is 0.313 e. The monoisotopic (exact) mass is 834 g/mol. The van der Waals surface area contributed by atoms with Gasteiger partial charge in [-0.2, -0.15) is 0 Å². The minimum Gasteiger partial charge on any atom is -0.313 e. The minimum absolute atomic E-state index is 0.0333. The van der Waals surface area contributed by atoms with Crippen molar-refractivity contribution in [2.45, 2.75) is 99.5 Å². The van der Waals surface area contributed by atoms with Crippen LogP contribution >= 0.6 is 23.1 Å². The molecule has 0 radical (unpaired) electrons. The minimum atomic E-state index is -1.14. The molecule has 1 aromatic heterocycles. The molecule has 9 aliphatic rings. The first-order valence-electron chi connectivity index (χ1n) is 25.5. The van der Waals surface area contributed by atoms with Crippen molar-refractivity contribution in [3.63, 3.8) is 0 Å². The van der Waals surface area contributed by atoms with Gasteiger partial charge in [0.1, 0.15) is 0 Å². The van der Waals surface area contributed by atoms with Gasteiger partial charge < -0.3 is 4.90 Å². The van der Waals surface area contributed by atoms with E-state index >= 15 is 0 Å². The highest BCUT2D eigenvalue weighted by atomic mass is 32.2. The second-order valence-corrected chi connectivity index (χ2v) is 20.0. The van der Waals surface area contributed by atoms with Crippen LogP contribution in [0.4, 0.5) is 5.69 Å². The molecule has 0 spiro atoms. The Balaban J connectivity index is 0.926. The van der Waals surface area contributed by atoms with Gasteiger partial charge in [0.25, 0.3) is 0 Å². The number of fused-ring (bicyclic) bond motifs is 7. The molecule has 0 saturated carbocycles. The Labute approximate surface area is 377 Å². The SMILES string of the molecule is [2H]C1=C([2H])C([2H])[C@H]([2H])C([2H])C1C1=C2C=CCCC2C(c2ccc(N(C3=CCC(C4=C5c6ccccc6SC5CC=C4)C=C3)C3=c4sc5c(c4=CCC3)CCC=C5C3=CCCC=C3)cc2)C=C1. The van der Waals surface area contributed by atoms with Crippen molar-refractivity contribution >= 4 is 51.7 Å². The second kappa shape index (κ2) is 16.1. The molecule has 0 N–H and O–H groups in total. The van der Waals surface area contributed by atoms with Crippen LogP contribution in [-0.2, 0) is 6.42 Å². The number of thiophene rings is 1. The van der Waals surface area contributed by atoms with E-state index in [9.17, 15) is 0 Å². The van der Waals surface area contributed by atoms with Crippen molar-refractivity contribution in [2.75, 3.05) is 4.90 Å². The first kappa shape index (κ1) is 32.8. The maximum absolute atomic E-state index is 8.97. The molecule has 7 unspecified atom stereocenters. The van der Waals surface area contributed by atoms with Crippen LogP contribution in [-0.4, -0.2) is 5.25 Å². The molecule has 8 aliphatic carbocycles. The number of rotatable bonds is 7. The van der Waals surface area contributed by atoms with Crippen molar-refractivity contribution in [3.05, 3.63) is 199 Å². The molecule has 0 amide bonds. The summed E-state index contributed by atoms with van der Waals surface area (Å²) in [7, 11) is 0. The lowest BCUT2D eigenvalue weighted by Gasteiger charge is -2.36. The van der Waals surface area contributed by atoms with Gasteiger partial charge in [0.05, 0.1) is 7.27 Å². The molecule has 1 aliphatic heterocycles. The Bertz CT molecular complexity index is 3020. The topological polar surface area (TPSA) is 3.24 Å². The lowest BCUT2D eigenvalue weighted by molar-refractivity contribution is 0.489. The van der Waals surface area contributed by atoms with Gasteiger partial charge in [-0.3, -0.25) is 0 Å². The van der Waals surface area contributed by atoms with Crippen LogP contribution in [0.5, 0.6) is 0 Å². The number of anilines is 1. The highest BCUT2D eigenvalue weighted by molar-refractivity contribution is 8.00. The third kappa shape index (κ3) is 6.74. The summed E-state index contributed by atoms with van der Waals surface area (Å²) in [6.45, 7) is 0. The quantitative estimate of drug-likeness (QED) is 0.218. The van der Waals surface area contributed by atoms with Crippen molar-refractivity contribution in [1.29, 1.82) is 0 Å². The van der Waals surface area contributed by atoms with E-state index in [4.69, 9.17) is 6.85 Å². The normalized spacial score (nSPS) is 32.2. The van der Waals surface area contributed by atoms with Crippen LogP contribution in [0.25, 0.3) is 22.9 Å². The molecule has 2 aromatic carbocycles. The van der Waals surface area contributed by atoms with E-state index in [1.807, 2.05) is 23.1 Å². The number of benzene rings is 2. The maximum Gasteiger partial charge on any atom is 0.0579 e. The van der Waals surface area contributed by atoms with Crippen molar-refractivity contribution in [2.24, 2.45) is 17.8 Å². The summed E-state index contributed by atoms with van der Waals surface area (Å²) in [6.07, 6.45) is 40.2. The van der Waals surface area contributed by atoms with E-state index < -0.39 is 25.1 Å². The van der Waals surface area contributed by atoms with Crippen LogP contribution < -0.4 is 14.7 Å². The fraction of sp³-hybridized carbons (Fsp3) is 0.310. The molecule has 8 atom stereocenters. The van der Waals surface area contributed by atoms with Crippen molar-refractivity contribution < 1.29 is 6.85 Å². The summed E-state index contributed by atoms with van der Waals surface area (Å²) in [5.41, 5.74) is 15.8. The number of hydrogen-bond donors (Lipinski definition) is 0. The van der Waals surface area contributed by atoms with Crippen LogP contribution in [0.3, 0.4) is 0 Å². The Kier molecular flexibility index (Phi) is 8.68. The summed E-state index contributed by atoms with van der Waals surface area (Å²) in [4.78, 5) is 5.45. The van der Waals surface area contributed by atoms with E-state index in [1.54, 1.807) is 0 Å². The van der Waals surface area contributed by atoms with Gasteiger partial charge in [-0.1, -0.05) is 121 Å². The Hall–Kier alpha value is -4.83. The van der Waals surface area contributed by atoms with Gasteiger partial charge in [0.15, 0.2) is 0 Å². The van der Waals surface area contributed by atoms with Gasteiger partial charge in [0, 0.05) is 54.0 Å². The molecule has 3 aromatic rings. The van der Waals surface area contributed by atoms with Crippen LogP contribution in [0, 0.1) is 17.8 Å². The maximum atomic E-state index is 8.97. The zero-order valence-electron chi connectivity index (χ0n) is 39.7. The summed E-state index contributed by atoms with van der Waals surface area (Å²) in [6, 6.07) is 18.2. The molecular formula is C58H55NS2. The van der Waals surface area contributed by atoms with Gasteiger partial charge in [0.2, 0.25) is 0 Å². The van der Waals surface area contributed by atoms with Gasteiger partial charge in [-0.15, -0.1) is 23.1 Å². The number of nitrogens with zero attached hydrogens (tertiary/aromatic N) is 1. The lowest BCUT2D eigenvalue weighted by atomic mass is 9.69. The van der Waals surface area contributed by atoms with Crippen molar-refractivity contribution in [1.82, 2.24) is 0 Å². The molecule has 2 heterocycles. The first-order valence-corrected chi connectivity index (χ1v) is 24.4. The average Bonchev–Trinajstić information content (AvgIpc) is 3.95. The van der Waals surface area contributed by atoms with E-state index in [0.717, 1.165) is 75.4 Å². The average molecular weight is 835 g/mol. The van der Waals surface area contributed by atoms with E-state index in [0.29, 0.717) is 11.2 Å². The summed E-state index contributed by atoms with van der Waals surface area (Å²) < 4.78 is 44.7. The van der Waals surface area contributed by atoms with Gasteiger partial charge in [-0.05, 0) is 169 Å². The first-order chi connectivity index (χ1) is 32.3. The summed E-state index contributed by atoms with van der Waals surface area (Å²) >= 11 is 4.03. The summed E-state index contributed by atoms with van der Waals surface area (Å²) in [5.74, 6) is -0.0314. The van der Waals surface area contributed by atoms with Gasteiger partial charge in [-0.25, -0.2) is 0 Å². The lowest BCUT2D eigenvalue weighted by Crippen LogP contribution is -2.35. The summed E-state index contributed by atoms with van der Waals surface area (Å²) in [5, 5.41) is 1.94. The molecule has 304 valence electrons. The Morgan fingerprint density at radius 1 is 0.738 bits per heavy atom. The third-order valence-electron chi connectivity index (χ3n) is 14.3. The molecule has 3 heteroatoms. The predicted octanol–water partition coefficient (Wildman–Crippen LogP) is 14.2. The zero-order chi connectivity index (χ0) is 44.6.